The van der Waals surface area contributed by atoms with E-state index in [-0.39, 0.29) is 17.5 Å². The molecule has 2 unspecified atom stereocenters. The van der Waals surface area contributed by atoms with Gasteiger partial charge in [0.2, 0.25) is 5.95 Å². The predicted octanol–water partition coefficient (Wildman–Crippen LogP) is -2.83. The first-order valence-electron chi connectivity index (χ1n) is 7.04. The van der Waals surface area contributed by atoms with Gasteiger partial charge in [0.25, 0.3) is 17.1 Å². The SMILES string of the molecule is Nc1nc2c(c(=O)[nH]1)N[C@@]13OC1(O)[C@H]1OP(=O)(O)OC[C@H]1O[C@@]3(O)N2. The molecule has 15 heteroatoms. The maximum Gasteiger partial charge on any atom is 0.472 e. The van der Waals surface area contributed by atoms with Crippen molar-refractivity contribution in [3.63, 3.8) is 0 Å². The lowest BCUT2D eigenvalue weighted by Crippen LogP contribution is -2.73. The van der Waals surface area contributed by atoms with Crippen LogP contribution in [0.3, 0.4) is 0 Å². The maximum atomic E-state index is 12.0. The fraction of sp³-hybridized carbons (Fsp3) is 0.600. The molecule has 5 rings (SSSR count). The summed E-state index contributed by atoms with van der Waals surface area (Å²) in [5.41, 5.74) is 2.49. The van der Waals surface area contributed by atoms with Crippen molar-refractivity contribution in [2.75, 3.05) is 23.0 Å². The lowest BCUT2D eigenvalue weighted by atomic mass is 9.92. The van der Waals surface area contributed by atoms with Crippen LogP contribution in [0.5, 0.6) is 0 Å². The van der Waals surface area contributed by atoms with Crippen LogP contribution in [0.25, 0.3) is 0 Å². The van der Waals surface area contributed by atoms with E-state index in [2.05, 4.69) is 25.1 Å². The maximum absolute atomic E-state index is 12.0. The van der Waals surface area contributed by atoms with Gasteiger partial charge in [-0.05, 0) is 0 Å². The molecule has 1 aromatic heterocycles. The molecule has 1 aromatic rings. The van der Waals surface area contributed by atoms with Gasteiger partial charge in [-0.1, -0.05) is 0 Å². The molecule has 4 aliphatic heterocycles. The Balaban J connectivity index is 1.62. The normalized spacial score (nSPS) is 49.6. The number of epoxide rings is 1. The second kappa shape index (κ2) is 4.13. The zero-order chi connectivity index (χ0) is 17.8. The third-order valence-corrected chi connectivity index (χ3v) is 5.44. The number of hydrogen-bond donors (Lipinski definition) is 7. The molecule has 0 aromatic carbocycles. The van der Waals surface area contributed by atoms with Crippen LogP contribution in [0.15, 0.2) is 4.79 Å². The van der Waals surface area contributed by atoms with Gasteiger partial charge >= 0.3 is 13.7 Å². The number of ether oxygens (including phenoxy) is 2. The summed E-state index contributed by atoms with van der Waals surface area (Å²) in [6.45, 7) is -0.456. The summed E-state index contributed by atoms with van der Waals surface area (Å²) in [5.74, 6) is -5.04. The number of aromatic nitrogens is 2. The van der Waals surface area contributed by atoms with Crippen LogP contribution in [0, 0.1) is 0 Å². The number of nitrogens with two attached hydrogens (primary N) is 1. The van der Waals surface area contributed by atoms with Gasteiger partial charge in [0, 0.05) is 0 Å². The van der Waals surface area contributed by atoms with Crippen molar-refractivity contribution in [3.05, 3.63) is 10.4 Å². The minimum atomic E-state index is -4.43. The first-order chi connectivity index (χ1) is 11.6. The summed E-state index contributed by atoms with van der Waals surface area (Å²) in [6.07, 6.45) is -2.62. The van der Waals surface area contributed by atoms with Crippen LogP contribution in [-0.4, -0.2) is 61.3 Å². The molecule has 25 heavy (non-hydrogen) atoms. The highest BCUT2D eigenvalue weighted by Crippen LogP contribution is 2.65. The summed E-state index contributed by atoms with van der Waals surface area (Å²) in [6, 6.07) is 0. The van der Waals surface area contributed by atoms with Crippen molar-refractivity contribution in [1.29, 1.82) is 0 Å². The lowest BCUT2D eigenvalue weighted by molar-refractivity contribution is -0.302. The Kier molecular flexibility index (Phi) is 2.56. The number of anilines is 3. The fourth-order valence-electron chi connectivity index (χ4n) is 3.35. The Labute approximate surface area is 137 Å². The van der Waals surface area contributed by atoms with Crippen LogP contribution in [0.4, 0.5) is 17.5 Å². The Hall–Kier alpha value is -1.77. The fourth-order valence-corrected chi connectivity index (χ4v) is 4.31. The molecule has 6 atom stereocenters. The number of phosphoric acid groups is 1. The van der Waals surface area contributed by atoms with E-state index in [1.165, 1.54) is 0 Å². The average molecular weight is 377 g/mol. The first-order valence-corrected chi connectivity index (χ1v) is 8.53. The molecule has 136 valence electrons. The Bertz CT molecular complexity index is 909. The number of nitrogen functional groups attached to an aromatic ring is 1. The van der Waals surface area contributed by atoms with Gasteiger partial charge in [-0.25, -0.2) is 4.57 Å². The van der Waals surface area contributed by atoms with E-state index < -0.39 is 49.6 Å². The average Bonchev–Trinajstić information content (AvgIpc) is 3.12. The van der Waals surface area contributed by atoms with E-state index in [0.29, 0.717) is 0 Å². The quantitative estimate of drug-likeness (QED) is 0.179. The molecule has 0 saturated carbocycles. The van der Waals surface area contributed by atoms with Gasteiger partial charge in [0.15, 0.2) is 11.9 Å². The van der Waals surface area contributed by atoms with Crippen LogP contribution in [-0.2, 0) is 23.1 Å². The Morgan fingerprint density at radius 1 is 1.36 bits per heavy atom. The van der Waals surface area contributed by atoms with Crippen molar-refractivity contribution in [2.45, 2.75) is 29.6 Å². The molecule has 0 radical (unpaired) electrons. The van der Waals surface area contributed by atoms with Gasteiger partial charge in [-0.2, -0.15) is 4.98 Å². The van der Waals surface area contributed by atoms with E-state index in [1.807, 2.05) is 0 Å². The van der Waals surface area contributed by atoms with Gasteiger partial charge in [-0.3, -0.25) is 18.8 Å². The topological polar surface area (TPSA) is 214 Å². The largest absolute Gasteiger partial charge is 0.472 e. The number of rotatable bonds is 0. The molecule has 14 nitrogen and oxygen atoms in total. The Morgan fingerprint density at radius 3 is 2.88 bits per heavy atom. The van der Waals surface area contributed by atoms with Crippen molar-refractivity contribution < 1.29 is 38.2 Å². The molecule has 4 aliphatic rings. The molecule has 3 fully saturated rings. The van der Waals surface area contributed by atoms with E-state index in [0.717, 1.165) is 0 Å². The number of nitrogens with zero attached hydrogens (tertiary/aromatic N) is 1. The third-order valence-electron chi connectivity index (χ3n) is 4.47. The number of H-pyrrole nitrogens is 1. The van der Waals surface area contributed by atoms with Gasteiger partial charge in [0.05, 0.1) is 6.61 Å². The summed E-state index contributed by atoms with van der Waals surface area (Å²) in [4.78, 5) is 27.6. The van der Waals surface area contributed by atoms with Crippen LogP contribution < -0.4 is 21.9 Å². The number of aromatic amines is 1. The smallest absolute Gasteiger partial charge is 0.369 e. The molecule has 0 amide bonds. The summed E-state index contributed by atoms with van der Waals surface area (Å²) < 4.78 is 31.8. The monoisotopic (exact) mass is 377 g/mol. The van der Waals surface area contributed by atoms with E-state index in [4.69, 9.17) is 19.7 Å². The number of nitrogens with one attached hydrogen (secondary N) is 3. The lowest BCUT2D eigenvalue weighted by Gasteiger charge is -2.48. The summed E-state index contributed by atoms with van der Waals surface area (Å²) in [7, 11) is -4.43. The number of phosphoric ester groups is 1. The molecular formula is C10H12N5O9P. The molecule has 1 spiro atoms. The Morgan fingerprint density at radius 2 is 2.12 bits per heavy atom. The summed E-state index contributed by atoms with van der Waals surface area (Å²) >= 11 is 0. The minimum Gasteiger partial charge on any atom is -0.369 e. The minimum absolute atomic E-state index is 0.142. The highest BCUT2D eigenvalue weighted by atomic mass is 31.2. The van der Waals surface area contributed by atoms with E-state index in [1.54, 1.807) is 0 Å². The van der Waals surface area contributed by atoms with Crippen molar-refractivity contribution in [1.82, 2.24) is 9.97 Å². The van der Waals surface area contributed by atoms with Crippen LogP contribution in [0.1, 0.15) is 0 Å². The standard InChI is InChI=1S/C10H12N5O9P/c11-7-12-5-3(6(16)13-7)14-9-8(17,24-9)4-2(22-10(9,18)15-5)1-21-25(19,20)23-4/h2,4,14,17-18H,1H2,(H,19,20)(H4,11,12,13,15,16)/t2-,4+,8?,9-,10-/m1/s1. The number of hydrogen-bond acceptors (Lipinski definition) is 12. The van der Waals surface area contributed by atoms with E-state index in [9.17, 15) is 24.5 Å². The third kappa shape index (κ3) is 1.74. The number of fused-ring (bicyclic) bond motifs is 3. The molecule has 8 N–H and O–H groups in total. The van der Waals surface area contributed by atoms with Crippen LogP contribution in [0.2, 0.25) is 0 Å². The van der Waals surface area contributed by atoms with Crippen molar-refractivity contribution in [3.8, 4) is 0 Å². The molecule has 5 heterocycles. The second-order valence-corrected chi connectivity index (χ2v) is 7.40. The zero-order valence-electron chi connectivity index (χ0n) is 12.1. The van der Waals surface area contributed by atoms with Gasteiger partial charge in [0.1, 0.15) is 11.8 Å². The van der Waals surface area contributed by atoms with Crippen molar-refractivity contribution >= 4 is 25.3 Å². The van der Waals surface area contributed by atoms with Crippen LogP contribution >= 0.6 is 7.82 Å². The predicted molar refractivity (Wildman–Crippen MR) is 75.8 cm³/mol. The second-order valence-electron chi connectivity index (χ2n) is 6.00. The summed E-state index contributed by atoms with van der Waals surface area (Å²) in [5, 5.41) is 26.6. The first kappa shape index (κ1) is 15.5. The molecule has 3 saturated heterocycles. The molecule has 0 aliphatic carbocycles. The number of aliphatic hydroxyl groups is 2. The van der Waals surface area contributed by atoms with Gasteiger partial charge < -0.3 is 40.9 Å². The van der Waals surface area contributed by atoms with E-state index >= 15 is 0 Å². The highest BCUT2D eigenvalue weighted by molar-refractivity contribution is 7.47. The zero-order valence-corrected chi connectivity index (χ0v) is 13.0. The molecule has 0 bridgehead atoms. The van der Waals surface area contributed by atoms with Crippen molar-refractivity contribution in [2.24, 2.45) is 0 Å². The van der Waals surface area contributed by atoms with Gasteiger partial charge in [-0.15, -0.1) is 0 Å². The molecular weight excluding hydrogens is 365 g/mol. The highest BCUT2D eigenvalue weighted by Gasteiger charge is 2.91.